The first-order valence-electron chi connectivity index (χ1n) is 14.7. The van der Waals surface area contributed by atoms with Crippen LogP contribution in [0.1, 0.15) is 0 Å². The molecule has 198 valence electrons. The van der Waals surface area contributed by atoms with Crippen molar-refractivity contribution in [3.63, 3.8) is 0 Å². The van der Waals surface area contributed by atoms with Crippen molar-refractivity contribution >= 4 is 54.3 Å². The third-order valence-electron chi connectivity index (χ3n) is 9.12. The predicted octanol–water partition coefficient (Wildman–Crippen LogP) is 10.3. The lowest BCUT2D eigenvalue weighted by molar-refractivity contribution is 1.02. The second kappa shape index (κ2) is 8.37. The van der Waals surface area contributed by atoms with Crippen LogP contribution in [0.2, 0.25) is 0 Å². The number of rotatable bonds is 2. The third kappa shape index (κ3) is 3.03. The zero-order chi connectivity index (χ0) is 28.1. The van der Waals surface area contributed by atoms with E-state index in [1.165, 1.54) is 54.6 Å². The van der Waals surface area contributed by atoms with Gasteiger partial charge in [0.05, 0.1) is 22.2 Å². The summed E-state index contributed by atoms with van der Waals surface area (Å²) in [6, 6.07) is 49.9. The second-order valence-electron chi connectivity index (χ2n) is 11.4. The summed E-state index contributed by atoms with van der Waals surface area (Å²) in [5.74, 6) is 0.685. The first-order valence-corrected chi connectivity index (χ1v) is 14.7. The molecule has 0 aliphatic heterocycles. The number of nitrogens with zero attached hydrogens (tertiary/aromatic N) is 3. The Morgan fingerprint density at radius 3 is 1.98 bits per heavy atom. The summed E-state index contributed by atoms with van der Waals surface area (Å²) in [7, 11) is 0. The molecule has 0 spiro atoms. The maximum absolute atomic E-state index is 5.38. The van der Waals surface area contributed by atoms with Crippen molar-refractivity contribution in [3.8, 4) is 39.5 Å². The molecular weight excluding hydrogens is 522 g/mol. The van der Waals surface area contributed by atoms with Gasteiger partial charge in [-0.3, -0.25) is 4.57 Å². The highest BCUT2D eigenvalue weighted by atomic mass is 15.2. The van der Waals surface area contributed by atoms with Gasteiger partial charge in [-0.25, -0.2) is 9.97 Å². The summed E-state index contributed by atoms with van der Waals surface area (Å²) in [4.78, 5) is 10.6. The van der Waals surface area contributed by atoms with E-state index in [-0.39, 0.29) is 0 Å². The Hall–Kier alpha value is -5.80. The molecule has 0 N–H and O–H groups in total. The second-order valence-corrected chi connectivity index (χ2v) is 11.4. The summed E-state index contributed by atoms with van der Waals surface area (Å²) in [6.45, 7) is 0. The molecule has 0 radical (unpaired) electrons. The zero-order valence-corrected chi connectivity index (χ0v) is 23.1. The minimum atomic E-state index is 0.685. The number of hydrogen-bond donors (Lipinski definition) is 0. The van der Waals surface area contributed by atoms with Crippen molar-refractivity contribution in [3.05, 3.63) is 140 Å². The van der Waals surface area contributed by atoms with Gasteiger partial charge in [0.25, 0.3) is 0 Å². The maximum atomic E-state index is 5.38. The van der Waals surface area contributed by atoms with Crippen LogP contribution in [-0.2, 0) is 0 Å². The lowest BCUT2D eigenvalue weighted by Crippen LogP contribution is -2.04. The van der Waals surface area contributed by atoms with Crippen LogP contribution >= 0.6 is 0 Å². The largest absolute Gasteiger partial charge is 0.277 e. The monoisotopic (exact) mass is 545 g/mol. The molecule has 10 rings (SSSR count). The highest BCUT2D eigenvalue weighted by Crippen LogP contribution is 2.51. The van der Waals surface area contributed by atoms with Gasteiger partial charge >= 0.3 is 0 Å². The molecule has 0 amide bonds. The summed E-state index contributed by atoms with van der Waals surface area (Å²) < 4.78 is 2.33. The zero-order valence-electron chi connectivity index (χ0n) is 23.1. The number of aromatic nitrogens is 3. The predicted molar refractivity (Wildman–Crippen MR) is 179 cm³/mol. The van der Waals surface area contributed by atoms with Crippen LogP contribution < -0.4 is 0 Å². The molecule has 7 aromatic carbocycles. The van der Waals surface area contributed by atoms with Crippen molar-refractivity contribution in [1.29, 1.82) is 0 Å². The Kier molecular flexibility index (Phi) is 4.45. The van der Waals surface area contributed by atoms with Gasteiger partial charge < -0.3 is 0 Å². The minimum Gasteiger partial charge on any atom is -0.277 e. The minimum absolute atomic E-state index is 0.685. The Morgan fingerprint density at radius 2 is 1.09 bits per heavy atom. The van der Waals surface area contributed by atoms with Crippen LogP contribution in [0, 0.1) is 0 Å². The fraction of sp³-hybridized carbons (Fsp3) is 0. The Balaban J connectivity index is 1.44. The maximum Gasteiger partial charge on any atom is 0.235 e. The molecule has 9 aromatic rings. The van der Waals surface area contributed by atoms with E-state index in [9.17, 15) is 0 Å². The van der Waals surface area contributed by atoms with Crippen LogP contribution in [0.4, 0.5) is 0 Å². The molecule has 3 nitrogen and oxygen atoms in total. The van der Waals surface area contributed by atoms with Crippen molar-refractivity contribution < 1.29 is 0 Å². The fourth-order valence-electron chi connectivity index (χ4n) is 7.31. The Morgan fingerprint density at radius 1 is 0.419 bits per heavy atom. The van der Waals surface area contributed by atoms with Gasteiger partial charge in [0.2, 0.25) is 5.95 Å². The smallest absolute Gasteiger partial charge is 0.235 e. The number of fused-ring (bicyclic) bond motifs is 10. The lowest BCUT2D eigenvalue weighted by Gasteiger charge is -2.14. The summed E-state index contributed by atoms with van der Waals surface area (Å²) >= 11 is 0. The van der Waals surface area contributed by atoms with E-state index in [0.29, 0.717) is 5.95 Å². The van der Waals surface area contributed by atoms with Gasteiger partial charge in [0, 0.05) is 32.5 Å². The molecule has 0 unspecified atom stereocenters. The van der Waals surface area contributed by atoms with E-state index in [1.54, 1.807) is 0 Å². The Bertz CT molecular complexity index is 2610. The molecule has 1 aliphatic rings. The molecule has 0 saturated heterocycles. The van der Waals surface area contributed by atoms with Crippen molar-refractivity contribution in [2.45, 2.75) is 0 Å². The van der Waals surface area contributed by atoms with Gasteiger partial charge in [0.1, 0.15) is 0 Å². The highest BCUT2D eigenvalue weighted by molar-refractivity contribution is 6.29. The first-order chi connectivity index (χ1) is 21.3. The van der Waals surface area contributed by atoms with Crippen LogP contribution in [0.25, 0.3) is 93.7 Å². The molecule has 43 heavy (non-hydrogen) atoms. The molecule has 2 heterocycles. The molecule has 3 heteroatoms. The number of benzene rings is 7. The molecule has 0 fully saturated rings. The average molecular weight is 546 g/mol. The molecule has 1 aliphatic carbocycles. The van der Waals surface area contributed by atoms with Gasteiger partial charge in [-0.15, -0.1) is 0 Å². The van der Waals surface area contributed by atoms with E-state index in [4.69, 9.17) is 9.97 Å². The first kappa shape index (κ1) is 22.8. The SMILES string of the molecule is c1ccc(-c2nc(-n3c4c5ccccc5ccc4c4cc5c6c(cccc6c43)-c3ccccc3-5)nc3ccccc23)cc1. The van der Waals surface area contributed by atoms with Gasteiger partial charge in [-0.05, 0) is 45.2 Å². The third-order valence-corrected chi connectivity index (χ3v) is 9.12. The van der Waals surface area contributed by atoms with Crippen molar-refractivity contribution in [1.82, 2.24) is 14.5 Å². The van der Waals surface area contributed by atoms with Crippen molar-refractivity contribution in [2.24, 2.45) is 0 Å². The average Bonchev–Trinajstić information content (AvgIpc) is 3.59. The molecule has 0 bridgehead atoms. The Labute approximate surface area is 247 Å². The molecule has 0 atom stereocenters. The van der Waals surface area contributed by atoms with Crippen molar-refractivity contribution in [2.75, 3.05) is 0 Å². The summed E-state index contributed by atoms with van der Waals surface area (Å²) in [6.07, 6.45) is 0. The molecule has 2 aromatic heterocycles. The van der Waals surface area contributed by atoms with Gasteiger partial charge in [-0.1, -0.05) is 127 Å². The fourth-order valence-corrected chi connectivity index (χ4v) is 7.31. The van der Waals surface area contributed by atoms with Crippen LogP contribution in [0.3, 0.4) is 0 Å². The number of para-hydroxylation sites is 1. The highest BCUT2D eigenvalue weighted by Gasteiger charge is 2.27. The van der Waals surface area contributed by atoms with Crippen LogP contribution in [-0.4, -0.2) is 14.5 Å². The van der Waals surface area contributed by atoms with Gasteiger partial charge in [0.15, 0.2) is 0 Å². The molecule has 0 saturated carbocycles. The van der Waals surface area contributed by atoms with Crippen LogP contribution in [0.15, 0.2) is 140 Å². The normalized spacial score (nSPS) is 12.2. The van der Waals surface area contributed by atoms with E-state index in [0.717, 1.165) is 33.2 Å². The standard InChI is InChI=1S/C40H23N3/c1-2-12-25(13-3-1)37-31-17-8-9-20-35(31)41-40(42-37)43-38-26-14-5-4-11-24(26)21-22-30(38)34-23-33-28-16-7-6-15-27(28)29-18-10-19-32(36(29)33)39(34)43/h1-23H. The summed E-state index contributed by atoms with van der Waals surface area (Å²) in [5.41, 5.74) is 10.4. The van der Waals surface area contributed by atoms with E-state index >= 15 is 0 Å². The van der Waals surface area contributed by atoms with E-state index in [1.807, 2.05) is 6.07 Å². The summed E-state index contributed by atoms with van der Waals surface area (Å²) in [5, 5.41) is 8.39. The van der Waals surface area contributed by atoms with Gasteiger partial charge in [-0.2, -0.15) is 0 Å². The van der Waals surface area contributed by atoms with E-state index < -0.39 is 0 Å². The number of hydrogen-bond acceptors (Lipinski definition) is 2. The van der Waals surface area contributed by atoms with Crippen LogP contribution in [0.5, 0.6) is 0 Å². The topological polar surface area (TPSA) is 30.7 Å². The van der Waals surface area contributed by atoms with E-state index in [2.05, 4.69) is 138 Å². The lowest BCUT2D eigenvalue weighted by atomic mass is 9.98. The quantitative estimate of drug-likeness (QED) is 0.216. The molecular formula is C40H23N3.